The molecule has 0 fully saturated rings. The number of halogens is 1. The molecular weight excluding hydrogens is 388 g/mol. The van der Waals surface area contributed by atoms with Crippen molar-refractivity contribution in [3.8, 4) is 11.1 Å². The van der Waals surface area contributed by atoms with Crippen molar-refractivity contribution in [3.63, 3.8) is 0 Å². The second-order valence-electron chi connectivity index (χ2n) is 5.27. The molecule has 1 aromatic carbocycles. The number of carbonyl (C=O) groups excluding carboxylic acids is 1. The van der Waals surface area contributed by atoms with E-state index in [0.29, 0.717) is 17.9 Å². The number of nitrogens with zero attached hydrogens (tertiary/aromatic N) is 3. The number of nitrogens with two attached hydrogens (primary N) is 1. The standard InChI is InChI=1S/C17H17BrN4O3/c1-3-25-17(23)12-8-20-16-14(10-4-6-11(18)7-5-10)13(9-24-2)21-22(16)15(12)19/h4-8H,3,9,19H2,1-2H3. The highest BCUT2D eigenvalue weighted by molar-refractivity contribution is 9.10. The normalized spacial score (nSPS) is 11.0. The SMILES string of the molecule is CCOC(=O)c1cnc2c(-c3ccc(Br)cc3)c(COC)nn2c1N. The zero-order chi connectivity index (χ0) is 18.0. The summed E-state index contributed by atoms with van der Waals surface area (Å²) in [4.78, 5) is 16.4. The summed E-state index contributed by atoms with van der Waals surface area (Å²) >= 11 is 3.43. The van der Waals surface area contributed by atoms with Crippen LogP contribution < -0.4 is 5.73 Å². The lowest BCUT2D eigenvalue weighted by molar-refractivity contribution is 0.0526. The van der Waals surface area contributed by atoms with E-state index in [1.54, 1.807) is 14.0 Å². The van der Waals surface area contributed by atoms with Gasteiger partial charge in [0.2, 0.25) is 0 Å². The number of fused-ring (bicyclic) bond motifs is 1. The van der Waals surface area contributed by atoms with E-state index in [2.05, 4.69) is 26.0 Å². The molecule has 2 heterocycles. The number of hydrogen-bond acceptors (Lipinski definition) is 6. The van der Waals surface area contributed by atoms with E-state index in [-0.39, 0.29) is 18.0 Å². The van der Waals surface area contributed by atoms with Crippen molar-refractivity contribution in [2.24, 2.45) is 0 Å². The molecule has 0 amide bonds. The van der Waals surface area contributed by atoms with E-state index in [4.69, 9.17) is 15.2 Å². The molecule has 0 aliphatic rings. The van der Waals surface area contributed by atoms with Gasteiger partial charge in [-0.15, -0.1) is 0 Å². The van der Waals surface area contributed by atoms with Gasteiger partial charge in [0, 0.05) is 17.8 Å². The van der Waals surface area contributed by atoms with E-state index in [1.807, 2.05) is 24.3 Å². The van der Waals surface area contributed by atoms with Crippen molar-refractivity contribution in [1.29, 1.82) is 0 Å². The molecule has 0 aliphatic carbocycles. The fourth-order valence-electron chi connectivity index (χ4n) is 2.56. The minimum atomic E-state index is -0.525. The van der Waals surface area contributed by atoms with Crippen LogP contribution in [0.15, 0.2) is 34.9 Å². The molecule has 0 spiro atoms. The Morgan fingerprint density at radius 1 is 1.32 bits per heavy atom. The third-order valence-electron chi connectivity index (χ3n) is 3.66. The molecule has 2 N–H and O–H groups in total. The van der Waals surface area contributed by atoms with Gasteiger partial charge in [-0.3, -0.25) is 0 Å². The van der Waals surface area contributed by atoms with Crippen LogP contribution in [0, 0.1) is 0 Å². The zero-order valence-electron chi connectivity index (χ0n) is 13.8. The fraction of sp³-hybridized carbons (Fsp3) is 0.235. The summed E-state index contributed by atoms with van der Waals surface area (Å²) in [6, 6.07) is 7.78. The summed E-state index contributed by atoms with van der Waals surface area (Å²) in [6.45, 7) is 2.29. The van der Waals surface area contributed by atoms with Gasteiger partial charge in [0.05, 0.1) is 24.5 Å². The summed E-state index contributed by atoms with van der Waals surface area (Å²) in [7, 11) is 1.59. The highest BCUT2D eigenvalue weighted by Gasteiger charge is 2.21. The molecule has 130 valence electrons. The molecule has 8 heteroatoms. The average molecular weight is 405 g/mol. The number of benzene rings is 1. The van der Waals surface area contributed by atoms with E-state index >= 15 is 0 Å². The van der Waals surface area contributed by atoms with Crippen LogP contribution in [-0.2, 0) is 16.1 Å². The van der Waals surface area contributed by atoms with Crippen molar-refractivity contribution in [3.05, 3.63) is 46.2 Å². The molecule has 25 heavy (non-hydrogen) atoms. The van der Waals surface area contributed by atoms with Gasteiger partial charge in [-0.05, 0) is 24.6 Å². The van der Waals surface area contributed by atoms with Gasteiger partial charge in [-0.1, -0.05) is 28.1 Å². The Labute approximate surface area is 152 Å². The molecule has 0 radical (unpaired) electrons. The number of nitrogen functional groups attached to an aromatic ring is 1. The van der Waals surface area contributed by atoms with Gasteiger partial charge in [-0.25, -0.2) is 9.78 Å². The predicted molar refractivity (Wildman–Crippen MR) is 97.2 cm³/mol. The summed E-state index contributed by atoms with van der Waals surface area (Å²) in [5, 5.41) is 4.49. The van der Waals surface area contributed by atoms with Crippen LogP contribution in [0.2, 0.25) is 0 Å². The van der Waals surface area contributed by atoms with Crippen LogP contribution in [0.5, 0.6) is 0 Å². The molecular formula is C17H17BrN4O3. The van der Waals surface area contributed by atoms with Crippen LogP contribution in [0.3, 0.4) is 0 Å². The largest absolute Gasteiger partial charge is 0.462 e. The molecule has 0 atom stereocenters. The average Bonchev–Trinajstić information content (AvgIpc) is 2.96. The first-order chi connectivity index (χ1) is 12.1. The van der Waals surface area contributed by atoms with Crippen molar-refractivity contribution in [2.45, 2.75) is 13.5 Å². The van der Waals surface area contributed by atoms with Gasteiger partial charge in [0.15, 0.2) is 5.65 Å². The number of esters is 1. The summed E-state index contributed by atoms with van der Waals surface area (Å²) in [5.41, 5.74) is 9.31. The second kappa shape index (κ2) is 7.20. The Morgan fingerprint density at radius 3 is 2.68 bits per heavy atom. The third-order valence-corrected chi connectivity index (χ3v) is 4.19. The molecule has 0 bridgehead atoms. The molecule has 0 saturated carbocycles. The topological polar surface area (TPSA) is 91.7 Å². The maximum atomic E-state index is 12.0. The first kappa shape index (κ1) is 17.4. The lowest BCUT2D eigenvalue weighted by Gasteiger charge is -2.07. The Kier molecular flexibility index (Phi) is 5.00. The first-order valence-electron chi connectivity index (χ1n) is 7.64. The molecule has 3 rings (SSSR count). The molecule has 7 nitrogen and oxygen atoms in total. The van der Waals surface area contributed by atoms with Crippen LogP contribution >= 0.6 is 15.9 Å². The quantitative estimate of drug-likeness (QED) is 0.656. The smallest absolute Gasteiger partial charge is 0.343 e. The number of hydrogen-bond donors (Lipinski definition) is 1. The van der Waals surface area contributed by atoms with E-state index in [0.717, 1.165) is 15.6 Å². The van der Waals surface area contributed by atoms with Crippen molar-refractivity contribution in [1.82, 2.24) is 14.6 Å². The minimum absolute atomic E-state index is 0.183. The van der Waals surface area contributed by atoms with Gasteiger partial charge in [0.1, 0.15) is 11.4 Å². The van der Waals surface area contributed by atoms with Gasteiger partial charge in [-0.2, -0.15) is 9.61 Å². The van der Waals surface area contributed by atoms with Crippen LogP contribution in [0.1, 0.15) is 23.0 Å². The van der Waals surface area contributed by atoms with Gasteiger partial charge < -0.3 is 15.2 Å². The number of ether oxygens (including phenoxy) is 2. The second-order valence-corrected chi connectivity index (χ2v) is 6.19. The van der Waals surface area contributed by atoms with E-state index in [9.17, 15) is 4.79 Å². The zero-order valence-corrected chi connectivity index (χ0v) is 15.4. The number of aromatic nitrogens is 3. The summed E-state index contributed by atoms with van der Waals surface area (Å²) in [5.74, 6) is -0.340. The number of carbonyl (C=O) groups is 1. The molecule has 3 aromatic rings. The predicted octanol–water partition coefficient (Wildman–Crippen LogP) is 3.06. The monoisotopic (exact) mass is 404 g/mol. The fourth-order valence-corrected chi connectivity index (χ4v) is 2.83. The van der Waals surface area contributed by atoms with Gasteiger partial charge in [0.25, 0.3) is 0 Å². The Morgan fingerprint density at radius 2 is 2.04 bits per heavy atom. The maximum Gasteiger partial charge on any atom is 0.343 e. The number of rotatable bonds is 5. The molecule has 0 saturated heterocycles. The van der Waals surface area contributed by atoms with Crippen molar-refractivity contribution >= 4 is 33.4 Å². The Bertz CT molecular complexity index is 922. The lowest BCUT2D eigenvalue weighted by atomic mass is 10.1. The first-order valence-corrected chi connectivity index (χ1v) is 8.44. The molecule has 0 unspecified atom stereocenters. The highest BCUT2D eigenvalue weighted by atomic mass is 79.9. The minimum Gasteiger partial charge on any atom is -0.462 e. The maximum absolute atomic E-state index is 12.0. The third kappa shape index (κ3) is 3.22. The Hall–Kier alpha value is -2.45. The summed E-state index contributed by atoms with van der Waals surface area (Å²) in [6.07, 6.45) is 1.42. The van der Waals surface area contributed by atoms with Crippen LogP contribution in [-0.4, -0.2) is 34.3 Å². The van der Waals surface area contributed by atoms with Crippen molar-refractivity contribution < 1.29 is 14.3 Å². The highest BCUT2D eigenvalue weighted by Crippen LogP contribution is 2.31. The van der Waals surface area contributed by atoms with E-state index < -0.39 is 5.97 Å². The van der Waals surface area contributed by atoms with Crippen LogP contribution in [0.25, 0.3) is 16.8 Å². The molecule has 0 aliphatic heterocycles. The molecule has 2 aromatic heterocycles. The Balaban J connectivity index is 2.22. The number of methoxy groups -OCH3 is 1. The van der Waals surface area contributed by atoms with E-state index in [1.165, 1.54) is 10.7 Å². The summed E-state index contributed by atoms with van der Waals surface area (Å²) < 4.78 is 12.7. The van der Waals surface area contributed by atoms with Crippen molar-refractivity contribution in [2.75, 3.05) is 19.5 Å². The lowest BCUT2D eigenvalue weighted by Crippen LogP contribution is -2.12. The van der Waals surface area contributed by atoms with Crippen LogP contribution in [0.4, 0.5) is 5.82 Å². The number of anilines is 1. The van der Waals surface area contributed by atoms with Gasteiger partial charge >= 0.3 is 5.97 Å².